The average Bonchev–Trinajstić information content (AvgIpc) is 3.10. The minimum absolute atomic E-state index is 0.0227. The van der Waals surface area contributed by atoms with Crippen molar-refractivity contribution in [1.82, 2.24) is 19.9 Å². The number of amides is 2. The molecule has 1 N–H and O–H groups in total. The lowest BCUT2D eigenvalue weighted by molar-refractivity contribution is 0.0736. The second-order valence-electron chi connectivity index (χ2n) is 5.77. The summed E-state index contributed by atoms with van der Waals surface area (Å²) in [5, 5.41) is 3.32. The lowest BCUT2D eigenvalue weighted by Gasteiger charge is -2.26. The first-order valence-corrected chi connectivity index (χ1v) is 8.92. The average molecular weight is 365 g/mol. The van der Waals surface area contributed by atoms with Gasteiger partial charge in [0.15, 0.2) is 5.13 Å². The highest BCUT2D eigenvalue weighted by Gasteiger charge is 2.25. The Labute approximate surface area is 153 Å². The fourth-order valence-corrected chi connectivity index (χ4v) is 3.78. The molecule has 8 heteroatoms. The standard InChI is InChI=1S/C18H15N5O2S/c24-16(14-3-1-2-7-20-14)22-18-21-13-6-10-23(11-15(13)26-18)17(25)12-4-8-19-9-5-12/h1-5,7-9H,6,10-11H2,(H,21,22,24). The minimum atomic E-state index is -0.290. The van der Waals surface area contributed by atoms with Crippen molar-refractivity contribution in [3.8, 4) is 0 Å². The molecule has 0 spiro atoms. The maximum absolute atomic E-state index is 12.6. The second kappa shape index (κ2) is 7.01. The summed E-state index contributed by atoms with van der Waals surface area (Å²) in [5.41, 5.74) is 1.90. The Morgan fingerprint density at radius 1 is 1.12 bits per heavy atom. The molecule has 130 valence electrons. The van der Waals surface area contributed by atoms with Crippen LogP contribution in [0.1, 0.15) is 31.4 Å². The van der Waals surface area contributed by atoms with Crippen LogP contribution in [-0.4, -0.2) is 38.2 Å². The van der Waals surface area contributed by atoms with Crippen LogP contribution in [0.25, 0.3) is 0 Å². The van der Waals surface area contributed by atoms with Gasteiger partial charge in [-0.1, -0.05) is 17.4 Å². The summed E-state index contributed by atoms with van der Waals surface area (Å²) in [4.78, 5) is 40.0. The normalized spacial score (nSPS) is 13.2. The number of hydrogen-bond donors (Lipinski definition) is 1. The van der Waals surface area contributed by atoms with Crippen molar-refractivity contribution >= 4 is 28.3 Å². The van der Waals surface area contributed by atoms with Crippen LogP contribution in [0.5, 0.6) is 0 Å². The molecule has 0 atom stereocenters. The second-order valence-corrected chi connectivity index (χ2v) is 6.85. The molecule has 1 aliphatic rings. The highest BCUT2D eigenvalue weighted by molar-refractivity contribution is 7.15. The molecule has 4 heterocycles. The van der Waals surface area contributed by atoms with Crippen LogP contribution in [0.3, 0.4) is 0 Å². The number of pyridine rings is 2. The van der Waals surface area contributed by atoms with Gasteiger partial charge in [0.25, 0.3) is 11.8 Å². The molecule has 0 bridgehead atoms. The molecule has 0 radical (unpaired) electrons. The smallest absolute Gasteiger partial charge is 0.276 e. The van der Waals surface area contributed by atoms with E-state index in [2.05, 4.69) is 20.3 Å². The lowest BCUT2D eigenvalue weighted by Crippen LogP contribution is -2.35. The Bertz CT molecular complexity index is 943. The Morgan fingerprint density at radius 3 is 2.73 bits per heavy atom. The van der Waals surface area contributed by atoms with Crippen LogP contribution in [0.2, 0.25) is 0 Å². The summed E-state index contributed by atoms with van der Waals surface area (Å²) in [6, 6.07) is 8.59. The zero-order valence-electron chi connectivity index (χ0n) is 13.8. The van der Waals surface area contributed by atoms with E-state index in [0.29, 0.717) is 35.9 Å². The zero-order valence-corrected chi connectivity index (χ0v) is 14.6. The number of thiazole rings is 1. The van der Waals surface area contributed by atoms with Gasteiger partial charge in [0.05, 0.1) is 12.2 Å². The quantitative estimate of drug-likeness (QED) is 0.770. The fraction of sp³-hybridized carbons (Fsp3) is 0.167. The van der Waals surface area contributed by atoms with Crippen LogP contribution in [-0.2, 0) is 13.0 Å². The Hall–Kier alpha value is -3.13. The Balaban J connectivity index is 1.47. The fourth-order valence-electron chi connectivity index (χ4n) is 2.76. The lowest BCUT2D eigenvalue weighted by atomic mass is 10.1. The summed E-state index contributed by atoms with van der Waals surface area (Å²) in [6.45, 7) is 1.10. The van der Waals surface area contributed by atoms with Gasteiger partial charge >= 0.3 is 0 Å². The molecule has 1 aliphatic heterocycles. The topological polar surface area (TPSA) is 88.1 Å². The van der Waals surface area contributed by atoms with E-state index in [1.165, 1.54) is 11.3 Å². The van der Waals surface area contributed by atoms with Gasteiger partial charge in [-0.2, -0.15) is 0 Å². The predicted molar refractivity (Wildman–Crippen MR) is 97.0 cm³/mol. The molecule has 0 saturated heterocycles. The van der Waals surface area contributed by atoms with Gasteiger partial charge in [0.1, 0.15) is 5.69 Å². The van der Waals surface area contributed by atoms with E-state index >= 15 is 0 Å². The van der Waals surface area contributed by atoms with Crippen molar-refractivity contribution in [3.63, 3.8) is 0 Å². The van der Waals surface area contributed by atoms with Crippen LogP contribution in [0.4, 0.5) is 5.13 Å². The molecule has 0 aliphatic carbocycles. The number of hydrogen-bond acceptors (Lipinski definition) is 6. The van der Waals surface area contributed by atoms with Crippen LogP contribution < -0.4 is 5.32 Å². The minimum Gasteiger partial charge on any atom is -0.333 e. The number of nitrogens with one attached hydrogen (secondary N) is 1. The summed E-state index contributed by atoms with van der Waals surface area (Å²) in [7, 11) is 0. The molecule has 0 unspecified atom stereocenters. The molecule has 7 nitrogen and oxygen atoms in total. The molecule has 0 saturated carbocycles. The number of rotatable bonds is 3. The predicted octanol–water partition coefficient (Wildman–Crippen LogP) is 2.38. The van der Waals surface area contributed by atoms with E-state index in [4.69, 9.17) is 0 Å². The van der Waals surface area contributed by atoms with Gasteiger partial charge in [0, 0.05) is 42.0 Å². The third-order valence-electron chi connectivity index (χ3n) is 4.06. The largest absolute Gasteiger partial charge is 0.333 e. The van der Waals surface area contributed by atoms with E-state index in [1.54, 1.807) is 53.8 Å². The van der Waals surface area contributed by atoms with Crippen molar-refractivity contribution in [2.24, 2.45) is 0 Å². The number of carbonyl (C=O) groups excluding carboxylic acids is 2. The summed E-state index contributed by atoms with van der Waals surface area (Å²) in [6.07, 6.45) is 5.47. The molecular weight excluding hydrogens is 350 g/mol. The third-order valence-corrected chi connectivity index (χ3v) is 5.06. The van der Waals surface area contributed by atoms with E-state index in [9.17, 15) is 9.59 Å². The SMILES string of the molecule is O=C(Nc1nc2c(s1)CN(C(=O)c1ccncc1)CC2)c1ccccn1. The highest BCUT2D eigenvalue weighted by Crippen LogP contribution is 2.29. The molecular formula is C18H15N5O2S. The van der Waals surface area contributed by atoms with Crippen LogP contribution >= 0.6 is 11.3 Å². The third kappa shape index (κ3) is 3.31. The number of aromatic nitrogens is 3. The van der Waals surface area contributed by atoms with Gasteiger partial charge in [-0.15, -0.1) is 0 Å². The van der Waals surface area contributed by atoms with Gasteiger partial charge in [-0.3, -0.25) is 24.9 Å². The van der Waals surface area contributed by atoms with Crippen molar-refractivity contribution in [2.75, 3.05) is 11.9 Å². The molecule has 0 aromatic carbocycles. The monoisotopic (exact) mass is 365 g/mol. The summed E-state index contributed by atoms with van der Waals surface area (Å²) >= 11 is 1.40. The van der Waals surface area contributed by atoms with E-state index in [-0.39, 0.29) is 11.8 Å². The van der Waals surface area contributed by atoms with Gasteiger partial charge in [0.2, 0.25) is 0 Å². The molecule has 4 rings (SSSR count). The number of nitrogens with zero attached hydrogens (tertiary/aromatic N) is 4. The first kappa shape index (κ1) is 16.3. The number of anilines is 1. The molecule has 3 aromatic rings. The van der Waals surface area contributed by atoms with Crippen molar-refractivity contribution in [3.05, 3.63) is 70.8 Å². The summed E-state index contributed by atoms with van der Waals surface area (Å²) in [5.74, 6) is -0.313. The van der Waals surface area contributed by atoms with Crippen molar-refractivity contribution < 1.29 is 9.59 Å². The highest BCUT2D eigenvalue weighted by atomic mass is 32.1. The maximum Gasteiger partial charge on any atom is 0.276 e. The summed E-state index contributed by atoms with van der Waals surface area (Å²) < 4.78 is 0. The van der Waals surface area contributed by atoms with Crippen LogP contribution in [0.15, 0.2) is 48.9 Å². The molecule has 3 aromatic heterocycles. The van der Waals surface area contributed by atoms with Crippen LogP contribution in [0, 0.1) is 0 Å². The van der Waals surface area contributed by atoms with Crippen molar-refractivity contribution in [2.45, 2.75) is 13.0 Å². The van der Waals surface area contributed by atoms with E-state index in [0.717, 1.165) is 10.6 Å². The Kier molecular flexibility index (Phi) is 4.40. The van der Waals surface area contributed by atoms with Crippen molar-refractivity contribution in [1.29, 1.82) is 0 Å². The first-order chi connectivity index (χ1) is 12.7. The maximum atomic E-state index is 12.6. The number of fused-ring (bicyclic) bond motifs is 1. The van der Waals surface area contributed by atoms with Gasteiger partial charge in [-0.05, 0) is 24.3 Å². The zero-order chi connectivity index (χ0) is 17.9. The van der Waals surface area contributed by atoms with Gasteiger partial charge < -0.3 is 4.90 Å². The Morgan fingerprint density at radius 2 is 1.96 bits per heavy atom. The molecule has 0 fully saturated rings. The molecule has 2 amide bonds. The molecule has 26 heavy (non-hydrogen) atoms. The number of carbonyl (C=O) groups is 2. The van der Waals surface area contributed by atoms with E-state index in [1.807, 2.05) is 0 Å². The van der Waals surface area contributed by atoms with Gasteiger partial charge in [-0.25, -0.2) is 4.98 Å². The van der Waals surface area contributed by atoms with E-state index < -0.39 is 0 Å². The first-order valence-electron chi connectivity index (χ1n) is 8.11.